The first-order chi connectivity index (χ1) is 6.31. The van der Waals surface area contributed by atoms with Crippen LogP contribution < -0.4 is 0 Å². The molecular weight excluding hydrogens is 170 g/mol. The normalized spacial score (nSPS) is 29.7. The summed E-state index contributed by atoms with van der Waals surface area (Å²) in [6.07, 6.45) is 1.38. The monoisotopic (exact) mass is 183 g/mol. The van der Waals surface area contributed by atoms with Crippen molar-refractivity contribution in [1.82, 2.24) is 4.90 Å². The molecule has 4 nitrogen and oxygen atoms in total. The van der Waals surface area contributed by atoms with Gasteiger partial charge < -0.3 is 14.3 Å². The Bertz CT molecular complexity index is 260. The summed E-state index contributed by atoms with van der Waals surface area (Å²) in [5.74, 6) is 0.790. The molecule has 0 radical (unpaired) electrons. The molecule has 13 heavy (non-hydrogen) atoms. The average molecular weight is 183 g/mol. The van der Waals surface area contributed by atoms with E-state index >= 15 is 0 Å². The molecule has 0 aliphatic carbocycles. The second-order valence-electron chi connectivity index (χ2n) is 3.25. The molecule has 0 spiro atoms. The van der Waals surface area contributed by atoms with Crippen LogP contribution in [0.4, 0.5) is 0 Å². The minimum atomic E-state index is -0.146. The Morgan fingerprint density at radius 1 is 1.69 bits per heavy atom. The summed E-state index contributed by atoms with van der Waals surface area (Å²) < 4.78 is 10.8. The van der Waals surface area contributed by atoms with E-state index < -0.39 is 0 Å². The van der Waals surface area contributed by atoms with E-state index in [1.807, 2.05) is 24.1 Å². The first kappa shape index (κ1) is 8.74. The van der Waals surface area contributed by atoms with Crippen molar-refractivity contribution >= 4 is 0 Å². The van der Waals surface area contributed by atoms with Crippen molar-refractivity contribution in [1.29, 1.82) is 0 Å². The highest BCUT2D eigenvalue weighted by molar-refractivity contribution is 5.03. The van der Waals surface area contributed by atoms with Crippen molar-refractivity contribution in [2.24, 2.45) is 0 Å². The average Bonchev–Trinajstić information content (AvgIpc) is 2.72. The predicted octanol–water partition coefficient (Wildman–Crippen LogP) is 0.601. The van der Waals surface area contributed by atoms with Gasteiger partial charge in [0.15, 0.2) is 6.23 Å². The highest BCUT2D eigenvalue weighted by Crippen LogP contribution is 2.28. The lowest BCUT2D eigenvalue weighted by atomic mass is 10.3. The fourth-order valence-electron chi connectivity index (χ4n) is 1.56. The number of nitrogens with zero attached hydrogens (tertiary/aromatic N) is 1. The fourth-order valence-corrected chi connectivity index (χ4v) is 1.56. The molecule has 2 heterocycles. The van der Waals surface area contributed by atoms with Crippen molar-refractivity contribution in [3.8, 4) is 0 Å². The van der Waals surface area contributed by atoms with Gasteiger partial charge in [-0.25, -0.2) is 0 Å². The van der Waals surface area contributed by atoms with Crippen LogP contribution in [0.15, 0.2) is 22.8 Å². The van der Waals surface area contributed by atoms with E-state index in [-0.39, 0.29) is 18.9 Å². The lowest BCUT2D eigenvalue weighted by Gasteiger charge is -2.14. The number of hydrogen-bond donors (Lipinski definition) is 1. The summed E-state index contributed by atoms with van der Waals surface area (Å²) in [4.78, 5) is 2.01. The van der Waals surface area contributed by atoms with Crippen molar-refractivity contribution in [2.45, 2.75) is 12.3 Å². The van der Waals surface area contributed by atoms with Gasteiger partial charge in [-0.3, -0.25) is 4.90 Å². The van der Waals surface area contributed by atoms with E-state index in [1.165, 1.54) is 0 Å². The minimum Gasteiger partial charge on any atom is -0.465 e. The summed E-state index contributed by atoms with van der Waals surface area (Å²) in [6.45, 7) is 0.795. The van der Waals surface area contributed by atoms with Crippen molar-refractivity contribution in [3.63, 3.8) is 0 Å². The molecule has 1 saturated heterocycles. The molecule has 0 bridgehead atoms. The Hall–Kier alpha value is -0.840. The molecule has 1 aromatic heterocycles. The smallest absolute Gasteiger partial charge is 0.169 e. The van der Waals surface area contributed by atoms with Crippen molar-refractivity contribution in [2.75, 3.05) is 20.2 Å². The van der Waals surface area contributed by atoms with E-state index in [2.05, 4.69) is 0 Å². The van der Waals surface area contributed by atoms with Gasteiger partial charge >= 0.3 is 0 Å². The van der Waals surface area contributed by atoms with Crippen LogP contribution in [0.1, 0.15) is 12.0 Å². The Morgan fingerprint density at radius 2 is 2.54 bits per heavy atom. The third kappa shape index (κ3) is 1.60. The van der Waals surface area contributed by atoms with Crippen LogP contribution >= 0.6 is 0 Å². The van der Waals surface area contributed by atoms with Crippen LogP contribution in [-0.4, -0.2) is 36.3 Å². The zero-order chi connectivity index (χ0) is 9.26. The molecule has 1 aliphatic rings. The van der Waals surface area contributed by atoms with Crippen LogP contribution in [0.25, 0.3) is 0 Å². The number of rotatable bonds is 2. The molecular formula is C9H13NO3. The molecule has 2 unspecified atom stereocenters. The fraction of sp³-hybridized carbons (Fsp3) is 0.556. The van der Waals surface area contributed by atoms with Gasteiger partial charge in [0.25, 0.3) is 0 Å². The van der Waals surface area contributed by atoms with Crippen LogP contribution in [0.5, 0.6) is 0 Å². The number of ether oxygens (including phenoxy) is 1. The SMILES string of the molecule is CN1CC(CO)OC1c1ccco1. The van der Waals surface area contributed by atoms with E-state index in [0.717, 1.165) is 12.3 Å². The van der Waals surface area contributed by atoms with Crippen molar-refractivity contribution in [3.05, 3.63) is 24.2 Å². The highest BCUT2D eigenvalue weighted by atomic mass is 16.5. The lowest BCUT2D eigenvalue weighted by Crippen LogP contribution is -2.20. The van der Waals surface area contributed by atoms with Crippen LogP contribution in [0.3, 0.4) is 0 Å². The van der Waals surface area contributed by atoms with E-state index in [1.54, 1.807) is 6.26 Å². The van der Waals surface area contributed by atoms with Gasteiger partial charge in [-0.15, -0.1) is 0 Å². The number of likely N-dealkylation sites (N-methyl/N-ethyl adjacent to an activating group) is 1. The van der Waals surface area contributed by atoms with Crippen LogP contribution in [0, 0.1) is 0 Å². The molecule has 1 aliphatic heterocycles. The van der Waals surface area contributed by atoms with Gasteiger partial charge in [-0.05, 0) is 19.2 Å². The molecule has 0 saturated carbocycles. The first-order valence-electron chi connectivity index (χ1n) is 4.31. The summed E-state index contributed by atoms with van der Waals surface area (Å²) in [7, 11) is 1.95. The second-order valence-corrected chi connectivity index (χ2v) is 3.25. The highest BCUT2D eigenvalue weighted by Gasteiger charge is 2.32. The Balaban J connectivity index is 2.09. The molecule has 2 atom stereocenters. The molecule has 1 aromatic rings. The molecule has 4 heteroatoms. The van der Waals surface area contributed by atoms with Crippen LogP contribution in [0.2, 0.25) is 0 Å². The zero-order valence-corrected chi connectivity index (χ0v) is 7.51. The maximum Gasteiger partial charge on any atom is 0.169 e. The Kier molecular flexibility index (Phi) is 2.35. The molecule has 1 N–H and O–H groups in total. The lowest BCUT2D eigenvalue weighted by molar-refractivity contribution is -0.0254. The second kappa shape index (κ2) is 3.49. The van der Waals surface area contributed by atoms with Gasteiger partial charge in [0, 0.05) is 6.54 Å². The molecule has 0 amide bonds. The van der Waals surface area contributed by atoms with E-state index in [9.17, 15) is 0 Å². The molecule has 0 aromatic carbocycles. The number of hydrogen-bond acceptors (Lipinski definition) is 4. The van der Waals surface area contributed by atoms with Crippen molar-refractivity contribution < 1.29 is 14.3 Å². The summed E-state index contributed by atoms with van der Waals surface area (Å²) >= 11 is 0. The van der Waals surface area contributed by atoms with Gasteiger partial charge in [-0.1, -0.05) is 0 Å². The largest absolute Gasteiger partial charge is 0.465 e. The Labute approximate surface area is 76.7 Å². The summed E-state index contributed by atoms with van der Waals surface area (Å²) in [5.41, 5.74) is 0. The van der Waals surface area contributed by atoms with E-state index in [0.29, 0.717) is 0 Å². The van der Waals surface area contributed by atoms with Gasteiger partial charge in [-0.2, -0.15) is 0 Å². The van der Waals surface area contributed by atoms with Crippen LogP contribution in [-0.2, 0) is 4.74 Å². The molecule has 1 fully saturated rings. The topological polar surface area (TPSA) is 45.8 Å². The zero-order valence-electron chi connectivity index (χ0n) is 7.51. The third-order valence-electron chi connectivity index (χ3n) is 2.20. The number of furan rings is 1. The third-order valence-corrected chi connectivity index (χ3v) is 2.20. The quantitative estimate of drug-likeness (QED) is 0.729. The van der Waals surface area contributed by atoms with Gasteiger partial charge in [0.05, 0.1) is 19.0 Å². The first-order valence-corrected chi connectivity index (χ1v) is 4.31. The Morgan fingerprint density at radius 3 is 3.08 bits per heavy atom. The number of aliphatic hydroxyl groups excluding tert-OH is 1. The maximum absolute atomic E-state index is 8.92. The number of aliphatic hydroxyl groups is 1. The molecule has 72 valence electrons. The minimum absolute atomic E-state index is 0.0571. The molecule has 2 rings (SSSR count). The predicted molar refractivity (Wildman–Crippen MR) is 46.0 cm³/mol. The van der Waals surface area contributed by atoms with Gasteiger partial charge in [0.2, 0.25) is 0 Å². The van der Waals surface area contributed by atoms with Gasteiger partial charge in [0.1, 0.15) is 5.76 Å². The van der Waals surface area contributed by atoms with E-state index in [4.69, 9.17) is 14.3 Å². The summed E-state index contributed by atoms with van der Waals surface area (Å²) in [5, 5.41) is 8.92. The summed E-state index contributed by atoms with van der Waals surface area (Å²) in [6, 6.07) is 3.71. The maximum atomic E-state index is 8.92. The standard InChI is InChI=1S/C9H13NO3/c1-10-5-7(6-11)13-9(10)8-3-2-4-12-8/h2-4,7,9,11H,5-6H2,1H3.